The normalized spacial score (nSPS) is 17.9. The van der Waals surface area contributed by atoms with Crippen molar-refractivity contribution in [3.8, 4) is 17.2 Å². The third-order valence-electron chi connectivity index (χ3n) is 7.13. The lowest BCUT2D eigenvalue weighted by molar-refractivity contribution is -0.141. The van der Waals surface area contributed by atoms with Gasteiger partial charge in [-0.1, -0.05) is 57.2 Å². The molecular formula is C31H36N2O6. The summed E-state index contributed by atoms with van der Waals surface area (Å²) in [5.41, 5.74) is 2.12. The molecule has 2 aliphatic heterocycles. The third kappa shape index (κ3) is 6.63. The minimum atomic E-state index is -0.645. The smallest absolute Gasteiger partial charge is 0.267 e. The van der Waals surface area contributed by atoms with Crippen LogP contribution >= 0.6 is 0 Å². The van der Waals surface area contributed by atoms with E-state index in [4.69, 9.17) is 18.6 Å². The predicted molar refractivity (Wildman–Crippen MR) is 147 cm³/mol. The van der Waals surface area contributed by atoms with Gasteiger partial charge in [0.15, 0.2) is 11.5 Å². The van der Waals surface area contributed by atoms with Crippen LogP contribution in [-0.2, 0) is 23.4 Å². The fourth-order valence-corrected chi connectivity index (χ4v) is 4.80. The molecule has 0 N–H and O–H groups in total. The van der Waals surface area contributed by atoms with Gasteiger partial charge in [-0.05, 0) is 35.1 Å². The van der Waals surface area contributed by atoms with E-state index in [1.807, 2.05) is 41.3 Å². The number of rotatable bonds is 6. The van der Waals surface area contributed by atoms with Gasteiger partial charge < -0.3 is 23.5 Å². The lowest BCUT2D eigenvalue weighted by Crippen LogP contribution is -2.47. The van der Waals surface area contributed by atoms with Gasteiger partial charge in [-0.3, -0.25) is 14.5 Å². The number of carbonyl (C=O) groups is 1. The van der Waals surface area contributed by atoms with Gasteiger partial charge in [0.1, 0.15) is 25.2 Å². The van der Waals surface area contributed by atoms with E-state index in [2.05, 4.69) is 37.8 Å². The molecule has 0 radical (unpaired) electrons. The number of fused-ring (bicyclic) bond motifs is 1. The number of ether oxygens (including phenoxy) is 3. The summed E-state index contributed by atoms with van der Waals surface area (Å²) in [4.78, 5) is 29.8. The second-order valence-corrected chi connectivity index (χ2v) is 11.1. The van der Waals surface area contributed by atoms with E-state index in [0.29, 0.717) is 50.0 Å². The fourth-order valence-electron chi connectivity index (χ4n) is 4.80. The second-order valence-electron chi connectivity index (χ2n) is 11.1. The van der Waals surface area contributed by atoms with Gasteiger partial charge in [0.25, 0.3) is 5.91 Å². The first-order valence-corrected chi connectivity index (χ1v) is 13.5. The Morgan fingerprint density at radius 2 is 1.77 bits per heavy atom. The van der Waals surface area contributed by atoms with Crippen molar-refractivity contribution in [2.24, 2.45) is 0 Å². The first kappa shape index (κ1) is 26.8. The van der Waals surface area contributed by atoms with Crippen molar-refractivity contribution < 1.29 is 23.4 Å². The zero-order chi connectivity index (χ0) is 27.4. The van der Waals surface area contributed by atoms with Crippen LogP contribution in [0.2, 0.25) is 0 Å². The highest BCUT2D eigenvalue weighted by Crippen LogP contribution is 2.31. The summed E-state index contributed by atoms with van der Waals surface area (Å²) in [6, 6.07) is 17.1. The molecule has 3 aromatic rings. The van der Waals surface area contributed by atoms with Crippen LogP contribution < -0.4 is 19.6 Å². The van der Waals surface area contributed by atoms with Crippen LogP contribution in [0.5, 0.6) is 17.2 Å². The Labute approximate surface area is 229 Å². The first-order chi connectivity index (χ1) is 18.8. The maximum absolute atomic E-state index is 13.1. The molecule has 1 aromatic heterocycles. The van der Waals surface area contributed by atoms with E-state index >= 15 is 0 Å². The Bertz CT molecular complexity index is 1340. The molecule has 1 saturated heterocycles. The largest absolute Gasteiger partial charge is 0.485 e. The first-order valence-electron chi connectivity index (χ1n) is 13.5. The molecule has 1 unspecified atom stereocenters. The zero-order valence-corrected chi connectivity index (χ0v) is 22.9. The molecule has 0 aliphatic carbocycles. The molecule has 8 heteroatoms. The molecular weight excluding hydrogens is 496 g/mol. The fraction of sp³-hybridized carbons (Fsp3) is 0.419. The third-order valence-corrected chi connectivity index (χ3v) is 7.13. The quantitative estimate of drug-likeness (QED) is 0.466. The second kappa shape index (κ2) is 11.5. The number of amides is 1. The van der Waals surface area contributed by atoms with Crippen molar-refractivity contribution in [3.63, 3.8) is 0 Å². The Balaban J connectivity index is 1.12. The summed E-state index contributed by atoms with van der Waals surface area (Å²) in [5, 5.41) is 0. The summed E-state index contributed by atoms with van der Waals surface area (Å²) < 4.78 is 23.1. The summed E-state index contributed by atoms with van der Waals surface area (Å²) in [6.07, 6.45) is 1.57. The van der Waals surface area contributed by atoms with Crippen LogP contribution in [0.4, 0.5) is 0 Å². The molecule has 1 atom stereocenters. The lowest BCUT2D eigenvalue weighted by Gasteiger charge is -2.30. The van der Waals surface area contributed by atoms with Crippen LogP contribution in [0, 0.1) is 0 Å². The molecule has 5 rings (SSSR count). The molecule has 8 nitrogen and oxygen atoms in total. The highest BCUT2D eigenvalue weighted by atomic mass is 16.6. The molecule has 0 bridgehead atoms. The maximum Gasteiger partial charge on any atom is 0.267 e. The summed E-state index contributed by atoms with van der Waals surface area (Å²) in [7, 11) is 0. The van der Waals surface area contributed by atoms with Gasteiger partial charge in [-0.15, -0.1) is 0 Å². The number of hydrogen-bond acceptors (Lipinski definition) is 7. The van der Waals surface area contributed by atoms with Gasteiger partial charge in [-0.25, -0.2) is 0 Å². The van der Waals surface area contributed by atoms with Crippen molar-refractivity contribution in [3.05, 3.63) is 88.0 Å². The summed E-state index contributed by atoms with van der Waals surface area (Å²) >= 11 is 0. The molecule has 3 heterocycles. The van der Waals surface area contributed by atoms with E-state index in [1.165, 1.54) is 17.9 Å². The van der Waals surface area contributed by atoms with Crippen molar-refractivity contribution in [1.82, 2.24) is 9.80 Å². The van der Waals surface area contributed by atoms with Crippen molar-refractivity contribution >= 4 is 5.91 Å². The Hall–Kier alpha value is -3.78. The molecule has 0 saturated carbocycles. The van der Waals surface area contributed by atoms with E-state index < -0.39 is 6.10 Å². The van der Waals surface area contributed by atoms with Crippen molar-refractivity contribution in [1.29, 1.82) is 0 Å². The molecule has 2 aromatic carbocycles. The van der Waals surface area contributed by atoms with Crippen molar-refractivity contribution in [2.75, 3.05) is 32.8 Å². The topological polar surface area (TPSA) is 81.5 Å². The van der Waals surface area contributed by atoms with Crippen LogP contribution in [0.1, 0.15) is 44.1 Å². The van der Waals surface area contributed by atoms with E-state index in [1.54, 1.807) is 0 Å². The van der Waals surface area contributed by atoms with Crippen LogP contribution in [0.15, 0.2) is 70.1 Å². The summed E-state index contributed by atoms with van der Waals surface area (Å²) in [6.45, 7) is 10.2. The average Bonchev–Trinajstić information content (AvgIpc) is 3.17. The van der Waals surface area contributed by atoms with Crippen LogP contribution in [0.25, 0.3) is 0 Å². The maximum atomic E-state index is 13.1. The Morgan fingerprint density at radius 3 is 2.51 bits per heavy atom. The number of hydrogen-bond donors (Lipinski definition) is 0. The minimum Gasteiger partial charge on any atom is -0.485 e. The molecule has 206 valence electrons. The van der Waals surface area contributed by atoms with Gasteiger partial charge >= 0.3 is 0 Å². The molecule has 0 spiro atoms. The van der Waals surface area contributed by atoms with Crippen LogP contribution in [0.3, 0.4) is 0 Å². The Kier molecular flexibility index (Phi) is 7.93. The lowest BCUT2D eigenvalue weighted by atomic mass is 9.87. The highest BCUT2D eigenvalue weighted by molar-refractivity contribution is 5.82. The highest BCUT2D eigenvalue weighted by Gasteiger charge is 2.32. The van der Waals surface area contributed by atoms with Gasteiger partial charge in [0.05, 0.1) is 6.54 Å². The summed E-state index contributed by atoms with van der Waals surface area (Å²) in [5.74, 6) is 1.97. The SMILES string of the molecule is CC(C)(C)c1ccc(COc2coc(CN3CCCN(C(=O)C4COc5ccccc5O4)CC3)cc2=O)cc1. The number of benzene rings is 2. The van der Waals surface area contributed by atoms with Crippen molar-refractivity contribution in [2.45, 2.75) is 51.9 Å². The Morgan fingerprint density at radius 1 is 1.00 bits per heavy atom. The zero-order valence-electron chi connectivity index (χ0n) is 22.9. The van der Waals surface area contributed by atoms with Gasteiger partial charge in [0.2, 0.25) is 17.3 Å². The average molecular weight is 533 g/mol. The molecule has 1 amide bonds. The van der Waals surface area contributed by atoms with Gasteiger partial charge in [-0.2, -0.15) is 0 Å². The van der Waals surface area contributed by atoms with E-state index in [9.17, 15) is 9.59 Å². The van der Waals surface area contributed by atoms with Crippen LogP contribution in [-0.4, -0.2) is 54.6 Å². The molecule has 2 aliphatic rings. The van der Waals surface area contributed by atoms with E-state index in [-0.39, 0.29) is 29.1 Å². The standard InChI is InChI=1S/C31H36N2O6/c1-31(2,3)23-11-9-22(10-12-23)19-37-28-20-36-24(17-25(28)34)18-32-13-6-14-33(16-15-32)30(35)29-21-38-26-7-4-5-8-27(26)39-29/h4-5,7-12,17,20,29H,6,13-16,18-19,21H2,1-3H3. The predicted octanol–water partition coefficient (Wildman–Crippen LogP) is 4.39. The minimum absolute atomic E-state index is 0.0626. The van der Waals surface area contributed by atoms with Gasteiger partial charge in [0, 0.05) is 32.2 Å². The number of para-hydroxylation sites is 2. The number of carbonyl (C=O) groups excluding carboxylic acids is 1. The number of nitrogens with zero attached hydrogens (tertiary/aromatic N) is 2. The molecule has 1 fully saturated rings. The monoisotopic (exact) mass is 532 g/mol. The van der Waals surface area contributed by atoms with E-state index in [0.717, 1.165) is 18.5 Å². The molecule has 39 heavy (non-hydrogen) atoms.